The minimum atomic E-state index is -4.77. The molecule has 0 aromatic rings. The zero-order chi connectivity index (χ0) is 55.5. The lowest BCUT2D eigenvalue weighted by Gasteiger charge is -2.21. The van der Waals surface area contributed by atoms with E-state index in [0.29, 0.717) is 19.3 Å². The first-order valence-electron chi connectivity index (χ1n) is 30.5. The number of hydrogen-bond acceptors (Lipinski definition) is 10. The molecule has 76 heavy (non-hydrogen) atoms. The summed E-state index contributed by atoms with van der Waals surface area (Å²) in [5.74, 6) is -1.52. The fraction of sp³-hybridized carbons (Fsp3) is 0.734. The summed E-state index contributed by atoms with van der Waals surface area (Å²) in [6, 6.07) is 0. The highest BCUT2D eigenvalue weighted by Gasteiger charge is 2.28. The summed E-state index contributed by atoms with van der Waals surface area (Å²) in [6.07, 6.45) is 66.9. The molecule has 3 unspecified atom stereocenters. The van der Waals surface area contributed by atoms with Crippen LogP contribution in [0.4, 0.5) is 0 Å². The molecule has 0 aliphatic heterocycles. The van der Waals surface area contributed by atoms with E-state index in [0.717, 1.165) is 109 Å². The van der Waals surface area contributed by atoms with E-state index < -0.39 is 57.8 Å². The van der Waals surface area contributed by atoms with Gasteiger partial charge in [-0.25, -0.2) is 4.57 Å². The van der Waals surface area contributed by atoms with Gasteiger partial charge in [0.2, 0.25) is 0 Å². The van der Waals surface area contributed by atoms with E-state index in [9.17, 15) is 28.9 Å². The Morgan fingerprint density at radius 3 is 1.07 bits per heavy atom. The van der Waals surface area contributed by atoms with Gasteiger partial charge in [-0.2, -0.15) is 0 Å². The van der Waals surface area contributed by atoms with Gasteiger partial charge in [-0.1, -0.05) is 241 Å². The maximum absolute atomic E-state index is 12.9. The van der Waals surface area contributed by atoms with E-state index in [1.165, 1.54) is 96.3 Å². The molecule has 0 aliphatic rings. The molecule has 0 radical (unpaired) electrons. The van der Waals surface area contributed by atoms with Gasteiger partial charge in [0.15, 0.2) is 6.10 Å². The van der Waals surface area contributed by atoms with Crippen LogP contribution in [0.25, 0.3) is 0 Å². The van der Waals surface area contributed by atoms with E-state index in [2.05, 4.69) is 106 Å². The van der Waals surface area contributed by atoms with Gasteiger partial charge in [0.1, 0.15) is 12.7 Å². The summed E-state index contributed by atoms with van der Waals surface area (Å²) < 4.78 is 39.5. The molecule has 0 bridgehead atoms. The molecule has 0 aromatic carbocycles. The summed E-state index contributed by atoms with van der Waals surface area (Å²) in [7, 11) is -4.77. The van der Waals surface area contributed by atoms with E-state index in [1.807, 2.05) is 0 Å². The van der Waals surface area contributed by atoms with Gasteiger partial charge in [0, 0.05) is 19.3 Å². The van der Waals surface area contributed by atoms with Gasteiger partial charge in [0.05, 0.1) is 19.8 Å². The molecular formula is C64H111O11P. The van der Waals surface area contributed by atoms with Gasteiger partial charge in [-0.3, -0.25) is 23.4 Å². The molecule has 12 heteroatoms. The van der Waals surface area contributed by atoms with Crippen molar-refractivity contribution < 1.29 is 52.2 Å². The largest absolute Gasteiger partial charge is 0.472 e. The smallest absolute Gasteiger partial charge is 0.462 e. The monoisotopic (exact) mass is 1090 g/mol. The Morgan fingerprint density at radius 2 is 0.684 bits per heavy atom. The van der Waals surface area contributed by atoms with Crippen LogP contribution < -0.4 is 0 Å². The van der Waals surface area contributed by atoms with Crippen molar-refractivity contribution in [3.05, 3.63) is 85.1 Å². The van der Waals surface area contributed by atoms with Crippen molar-refractivity contribution in [1.29, 1.82) is 0 Å². The van der Waals surface area contributed by atoms with Crippen molar-refractivity contribution in [2.24, 2.45) is 0 Å². The summed E-state index contributed by atoms with van der Waals surface area (Å²) in [6.45, 7) is 4.38. The lowest BCUT2D eigenvalue weighted by Crippen LogP contribution is -2.30. The number of aliphatic hydroxyl groups is 1. The van der Waals surface area contributed by atoms with Crippen LogP contribution in [-0.4, -0.2) is 66.5 Å². The van der Waals surface area contributed by atoms with E-state index in [4.69, 9.17) is 23.3 Å². The maximum Gasteiger partial charge on any atom is 0.472 e. The molecule has 0 amide bonds. The van der Waals surface area contributed by atoms with Crippen molar-refractivity contribution in [3.8, 4) is 0 Å². The first-order valence-corrected chi connectivity index (χ1v) is 32.0. The Bertz CT molecular complexity index is 1600. The summed E-state index contributed by atoms with van der Waals surface area (Å²) >= 11 is 0. The Labute approximate surface area is 464 Å². The second-order valence-electron chi connectivity index (χ2n) is 20.1. The fourth-order valence-corrected chi connectivity index (χ4v) is 9.03. The molecule has 0 rings (SSSR count). The van der Waals surface area contributed by atoms with Crippen LogP contribution in [0, 0.1) is 0 Å². The van der Waals surface area contributed by atoms with Gasteiger partial charge in [-0.15, -0.1) is 0 Å². The standard InChI is InChI=1S/C64H111O11P/c1-4-7-10-13-16-19-22-25-27-29-30-32-33-36-38-41-44-47-50-53-62(66)71-57-61(75-64(68)55-52-49-46-43-40-37-34-31-28-26-23-20-17-14-11-8-5-2)59-73-76(69,70)72-58-60(56-65)74-63(67)54-51-48-45-42-39-35-24-21-18-15-12-9-6-3/h8-9,11-12,17-18,20-21,26,28,34-35,37,39,60-61,65H,4-7,10,13-16,19,22-25,27,29-33,36,38,40-59H2,1-3H3,(H,69,70)/b11-8-,12-9-,20-17-,21-18-,28-26-,37-34-,39-35-. The highest BCUT2D eigenvalue weighted by atomic mass is 31.2. The number of aliphatic hydroxyl groups excluding tert-OH is 1. The number of phosphoric ester groups is 1. The zero-order valence-corrected chi connectivity index (χ0v) is 49.3. The predicted octanol–water partition coefficient (Wildman–Crippen LogP) is 18.3. The number of rotatable bonds is 56. The number of unbranched alkanes of at least 4 members (excludes halogenated alkanes) is 25. The Morgan fingerprint density at radius 1 is 0.382 bits per heavy atom. The van der Waals surface area contributed by atoms with Gasteiger partial charge < -0.3 is 24.2 Å². The Balaban J connectivity index is 4.75. The number of esters is 3. The second kappa shape index (κ2) is 57.8. The van der Waals surface area contributed by atoms with Crippen LogP contribution in [-0.2, 0) is 42.2 Å². The zero-order valence-electron chi connectivity index (χ0n) is 48.5. The van der Waals surface area contributed by atoms with Crippen LogP contribution in [0.15, 0.2) is 85.1 Å². The molecule has 438 valence electrons. The normalized spacial score (nSPS) is 13.9. The number of allylic oxidation sites excluding steroid dienone is 14. The Kier molecular flexibility index (Phi) is 55.3. The summed E-state index contributed by atoms with van der Waals surface area (Å²) in [5.41, 5.74) is 0. The van der Waals surface area contributed by atoms with Crippen molar-refractivity contribution in [3.63, 3.8) is 0 Å². The first kappa shape index (κ1) is 72.7. The molecule has 11 nitrogen and oxygen atoms in total. The molecule has 0 aliphatic carbocycles. The minimum Gasteiger partial charge on any atom is -0.462 e. The highest BCUT2D eigenvalue weighted by molar-refractivity contribution is 7.47. The molecule has 0 spiro atoms. The van der Waals surface area contributed by atoms with Gasteiger partial charge in [0.25, 0.3) is 0 Å². The molecule has 0 heterocycles. The third-order valence-electron chi connectivity index (χ3n) is 12.8. The summed E-state index contributed by atoms with van der Waals surface area (Å²) in [4.78, 5) is 48.6. The third-order valence-corrected chi connectivity index (χ3v) is 13.8. The predicted molar refractivity (Wildman–Crippen MR) is 316 cm³/mol. The van der Waals surface area contributed by atoms with Crippen molar-refractivity contribution in [2.45, 2.75) is 277 Å². The number of carbonyl (C=O) groups excluding carboxylic acids is 3. The van der Waals surface area contributed by atoms with Gasteiger partial charge >= 0.3 is 25.7 Å². The molecule has 2 N–H and O–H groups in total. The number of hydrogen-bond donors (Lipinski definition) is 2. The van der Waals surface area contributed by atoms with Crippen LogP contribution in [0.3, 0.4) is 0 Å². The van der Waals surface area contributed by atoms with Crippen LogP contribution in [0.5, 0.6) is 0 Å². The van der Waals surface area contributed by atoms with Gasteiger partial charge in [-0.05, 0) is 89.9 Å². The van der Waals surface area contributed by atoms with E-state index >= 15 is 0 Å². The molecule has 3 atom stereocenters. The average Bonchev–Trinajstić information content (AvgIpc) is 3.41. The van der Waals surface area contributed by atoms with Crippen LogP contribution in [0.2, 0.25) is 0 Å². The number of ether oxygens (including phenoxy) is 3. The van der Waals surface area contributed by atoms with Crippen LogP contribution in [0.1, 0.15) is 265 Å². The van der Waals surface area contributed by atoms with E-state index in [-0.39, 0.29) is 25.9 Å². The average molecular weight is 1090 g/mol. The molecular weight excluding hydrogens is 976 g/mol. The lowest BCUT2D eigenvalue weighted by molar-refractivity contribution is -0.161. The second-order valence-corrected chi connectivity index (χ2v) is 21.6. The van der Waals surface area contributed by atoms with Crippen molar-refractivity contribution in [1.82, 2.24) is 0 Å². The molecule has 0 fully saturated rings. The molecule has 0 saturated carbocycles. The lowest BCUT2D eigenvalue weighted by atomic mass is 10.0. The Hall–Kier alpha value is -3.34. The van der Waals surface area contributed by atoms with E-state index in [1.54, 1.807) is 0 Å². The maximum atomic E-state index is 12.9. The fourth-order valence-electron chi connectivity index (χ4n) is 8.25. The minimum absolute atomic E-state index is 0.136. The van der Waals surface area contributed by atoms with Crippen LogP contribution >= 0.6 is 7.82 Å². The topological polar surface area (TPSA) is 155 Å². The molecule has 0 aromatic heterocycles. The van der Waals surface area contributed by atoms with Crippen molar-refractivity contribution in [2.75, 3.05) is 26.4 Å². The first-order chi connectivity index (χ1) is 37.2. The quantitative estimate of drug-likeness (QED) is 0.0197. The van der Waals surface area contributed by atoms with Crippen molar-refractivity contribution >= 4 is 25.7 Å². The SMILES string of the molecule is CC/C=C\C/C=C\C/C=C\C/C=C\CCCCCCC(=O)OC(COC(=O)CCCCCCCCCCCCCCCCCCCCC)COP(=O)(O)OCC(CO)OC(=O)CCCCC/C=C\C/C=C\C/C=C\CC. The highest BCUT2D eigenvalue weighted by Crippen LogP contribution is 2.43. The summed E-state index contributed by atoms with van der Waals surface area (Å²) in [5, 5.41) is 9.81. The number of carbonyl (C=O) groups is 3. The molecule has 0 saturated heterocycles. The third kappa shape index (κ3) is 55.4. The number of phosphoric acid groups is 1.